The summed E-state index contributed by atoms with van der Waals surface area (Å²) in [6.07, 6.45) is 3.28. The van der Waals surface area contributed by atoms with Gasteiger partial charge in [0.15, 0.2) is 0 Å². The Balaban J connectivity index is 2.10. The van der Waals surface area contributed by atoms with Gasteiger partial charge >= 0.3 is 0 Å². The maximum Gasteiger partial charge on any atom is 0.244 e. The molecule has 1 saturated heterocycles. The van der Waals surface area contributed by atoms with E-state index in [4.69, 9.17) is 0 Å². The lowest BCUT2D eigenvalue weighted by molar-refractivity contribution is -0.117. The molecule has 2 atom stereocenters. The van der Waals surface area contributed by atoms with E-state index in [-0.39, 0.29) is 17.5 Å². The topological polar surface area (TPSA) is 41.1 Å². The van der Waals surface area contributed by atoms with E-state index in [1.54, 1.807) is 0 Å². The van der Waals surface area contributed by atoms with Gasteiger partial charge in [0.05, 0.1) is 6.17 Å². The maximum atomic E-state index is 11.4. The van der Waals surface area contributed by atoms with Gasteiger partial charge < -0.3 is 5.32 Å². The van der Waals surface area contributed by atoms with Crippen LogP contribution >= 0.6 is 0 Å². The molecule has 1 heterocycles. The molecular formula is C15H19N2O. The van der Waals surface area contributed by atoms with E-state index in [0.29, 0.717) is 0 Å². The van der Waals surface area contributed by atoms with Crippen molar-refractivity contribution in [3.63, 3.8) is 0 Å². The molecule has 0 aliphatic carbocycles. The van der Waals surface area contributed by atoms with E-state index in [1.807, 2.05) is 12.1 Å². The Hall–Kier alpha value is -1.61. The van der Waals surface area contributed by atoms with Crippen molar-refractivity contribution in [2.75, 3.05) is 6.54 Å². The van der Waals surface area contributed by atoms with Gasteiger partial charge in [-0.2, -0.15) is 0 Å². The average molecular weight is 243 g/mol. The van der Waals surface area contributed by atoms with Crippen LogP contribution in [0.4, 0.5) is 0 Å². The first-order valence-electron chi connectivity index (χ1n) is 6.27. The molecule has 95 valence electrons. The van der Waals surface area contributed by atoms with Gasteiger partial charge in [0.1, 0.15) is 0 Å². The molecule has 3 nitrogen and oxygen atoms in total. The van der Waals surface area contributed by atoms with Crippen LogP contribution in [0.1, 0.15) is 25.3 Å². The third-order valence-electron chi connectivity index (χ3n) is 3.64. The highest BCUT2D eigenvalue weighted by Gasteiger charge is 2.33. The second kappa shape index (κ2) is 5.36. The van der Waals surface area contributed by atoms with Crippen molar-refractivity contribution in [3.8, 4) is 0 Å². The highest BCUT2D eigenvalue weighted by atomic mass is 16.1. The SMILES string of the molecule is C=CC(=O)NC1CC(C)(c2cc[c]cc2)CCN1. The van der Waals surface area contributed by atoms with Gasteiger partial charge in [0, 0.05) is 0 Å². The van der Waals surface area contributed by atoms with Gasteiger partial charge in [-0.3, -0.25) is 10.1 Å². The highest BCUT2D eigenvalue weighted by molar-refractivity contribution is 5.87. The van der Waals surface area contributed by atoms with Crippen LogP contribution in [0.2, 0.25) is 0 Å². The molecule has 1 aromatic rings. The summed E-state index contributed by atoms with van der Waals surface area (Å²) in [6, 6.07) is 11.1. The molecule has 18 heavy (non-hydrogen) atoms. The summed E-state index contributed by atoms with van der Waals surface area (Å²) in [5.74, 6) is -0.127. The lowest BCUT2D eigenvalue weighted by atomic mass is 9.74. The number of benzene rings is 1. The number of nitrogens with one attached hydrogen (secondary N) is 2. The van der Waals surface area contributed by atoms with E-state index >= 15 is 0 Å². The molecule has 1 amide bonds. The number of hydrogen-bond acceptors (Lipinski definition) is 2. The minimum atomic E-state index is -0.127. The maximum absolute atomic E-state index is 11.4. The van der Waals surface area contributed by atoms with Crippen LogP contribution in [0.15, 0.2) is 36.9 Å². The highest BCUT2D eigenvalue weighted by Crippen LogP contribution is 2.34. The van der Waals surface area contributed by atoms with Gasteiger partial charge in [0.2, 0.25) is 5.91 Å². The monoisotopic (exact) mass is 243 g/mol. The largest absolute Gasteiger partial charge is 0.337 e. The van der Waals surface area contributed by atoms with Gasteiger partial charge in [-0.05, 0) is 42.5 Å². The summed E-state index contributed by atoms with van der Waals surface area (Å²) in [6.45, 7) is 6.62. The second-order valence-electron chi connectivity index (χ2n) is 5.02. The van der Waals surface area contributed by atoms with E-state index in [1.165, 1.54) is 11.6 Å². The van der Waals surface area contributed by atoms with E-state index in [9.17, 15) is 4.79 Å². The third-order valence-corrected chi connectivity index (χ3v) is 3.64. The van der Waals surface area contributed by atoms with Gasteiger partial charge in [-0.1, -0.05) is 37.8 Å². The Kier molecular flexibility index (Phi) is 3.82. The molecule has 1 fully saturated rings. The molecule has 1 aliphatic heterocycles. The molecule has 2 rings (SSSR count). The minimum Gasteiger partial charge on any atom is -0.337 e. The Morgan fingerprint density at radius 2 is 2.33 bits per heavy atom. The van der Waals surface area contributed by atoms with Gasteiger partial charge in [-0.25, -0.2) is 0 Å². The predicted octanol–water partition coefficient (Wildman–Crippen LogP) is 1.76. The Labute approximate surface area is 108 Å². The van der Waals surface area contributed by atoms with Gasteiger partial charge in [-0.15, -0.1) is 0 Å². The molecular weight excluding hydrogens is 224 g/mol. The van der Waals surface area contributed by atoms with Crippen molar-refractivity contribution < 1.29 is 4.79 Å². The predicted molar refractivity (Wildman–Crippen MR) is 72.0 cm³/mol. The van der Waals surface area contributed by atoms with Crippen molar-refractivity contribution in [2.45, 2.75) is 31.3 Å². The number of carbonyl (C=O) groups excluding carboxylic acids is 1. The first-order valence-corrected chi connectivity index (χ1v) is 6.27. The number of carbonyl (C=O) groups is 1. The molecule has 0 spiro atoms. The normalized spacial score (nSPS) is 27.5. The molecule has 1 radical (unpaired) electrons. The molecule has 1 aliphatic rings. The smallest absolute Gasteiger partial charge is 0.244 e. The summed E-state index contributed by atoms with van der Waals surface area (Å²) < 4.78 is 0. The van der Waals surface area contributed by atoms with Crippen LogP contribution in [0.3, 0.4) is 0 Å². The number of amides is 1. The quantitative estimate of drug-likeness (QED) is 0.794. The number of piperidine rings is 1. The first kappa shape index (κ1) is 12.8. The summed E-state index contributed by atoms with van der Waals surface area (Å²) in [4.78, 5) is 11.4. The molecule has 3 heteroatoms. The number of hydrogen-bond donors (Lipinski definition) is 2. The zero-order valence-electron chi connectivity index (χ0n) is 10.7. The standard InChI is InChI=1S/C15H19N2O/c1-3-14(18)17-13-11-15(2,9-10-16-13)12-7-5-4-6-8-12/h3,5-8,13,16H,1,9-11H2,2H3,(H,17,18). The zero-order chi connectivity index (χ0) is 13.0. The molecule has 2 N–H and O–H groups in total. The fraction of sp³-hybridized carbons (Fsp3) is 0.400. The van der Waals surface area contributed by atoms with Crippen LogP contribution in [-0.2, 0) is 10.2 Å². The Morgan fingerprint density at radius 1 is 1.61 bits per heavy atom. The van der Waals surface area contributed by atoms with Crippen molar-refractivity contribution in [1.82, 2.24) is 10.6 Å². The lowest BCUT2D eigenvalue weighted by Gasteiger charge is -2.39. The molecule has 1 aromatic carbocycles. The zero-order valence-corrected chi connectivity index (χ0v) is 10.7. The van der Waals surface area contributed by atoms with Crippen molar-refractivity contribution in [1.29, 1.82) is 0 Å². The van der Waals surface area contributed by atoms with Crippen LogP contribution in [0.25, 0.3) is 0 Å². The van der Waals surface area contributed by atoms with E-state index < -0.39 is 0 Å². The fourth-order valence-corrected chi connectivity index (χ4v) is 2.53. The fourth-order valence-electron chi connectivity index (χ4n) is 2.53. The molecule has 2 unspecified atom stereocenters. The second-order valence-corrected chi connectivity index (χ2v) is 5.02. The van der Waals surface area contributed by atoms with Crippen LogP contribution in [-0.4, -0.2) is 18.6 Å². The Bertz CT molecular complexity index is 429. The van der Waals surface area contributed by atoms with Crippen LogP contribution < -0.4 is 10.6 Å². The summed E-state index contributed by atoms with van der Waals surface area (Å²) >= 11 is 0. The van der Waals surface area contributed by atoms with Crippen molar-refractivity contribution >= 4 is 5.91 Å². The molecule has 0 saturated carbocycles. The van der Waals surface area contributed by atoms with Gasteiger partial charge in [0.25, 0.3) is 0 Å². The summed E-state index contributed by atoms with van der Waals surface area (Å²) in [5.41, 5.74) is 1.40. The lowest BCUT2D eigenvalue weighted by Crippen LogP contribution is -2.53. The van der Waals surface area contributed by atoms with E-state index in [2.05, 4.69) is 42.3 Å². The minimum absolute atomic E-state index is 0.0124. The third kappa shape index (κ3) is 2.79. The molecule has 0 bridgehead atoms. The number of rotatable bonds is 3. The summed E-state index contributed by atoms with van der Waals surface area (Å²) in [7, 11) is 0. The van der Waals surface area contributed by atoms with E-state index in [0.717, 1.165) is 19.4 Å². The van der Waals surface area contributed by atoms with Crippen LogP contribution in [0, 0.1) is 6.07 Å². The van der Waals surface area contributed by atoms with Crippen molar-refractivity contribution in [2.24, 2.45) is 0 Å². The summed E-state index contributed by atoms with van der Waals surface area (Å²) in [5, 5.41) is 6.24. The average Bonchev–Trinajstić information content (AvgIpc) is 2.40. The molecule has 0 aromatic heterocycles. The Morgan fingerprint density at radius 3 is 3.00 bits per heavy atom. The van der Waals surface area contributed by atoms with Crippen molar-refractivity contribution in [3.05, 3.63) is 48.6 Å². The van der Waals surface area contributed by atoms with Crippen LogP contribution in [0.5, 0.6) is 0 Å². The first-order chi connectivity index (χ1) is 8.64.